The number of carboxylic acids is 1. The number of para-hydroxylation sites is 1. The van der Waals surface area contributed by atoms with Crippen LogP contribution in [0.5, 0.6) is 5.75 Å². The summed E-state index contributed by atoms with van der Waals surface area (Å²) in [6.45, 7) is 3.38. The predicted molar refractivity (Wildman–Crippen MR) is 87.6 cm³/mol. The lowest BCUT2D eigenvalue weighted by Gasteiger charge is -2.43. The highest BCUT2D eigenvalue weighted by molar-refractivity contribution is 8.01. The number of carboxylic acid groups (broad SMARTS) is 1. The molecule has 2 N–H and O–H groups in total. The number of β-lactam (4-membered cyclic amide) rings is 1. The molecule has 8 heteroatoms. The summed E-state index contributed by atoms with van der Waals surface area (Å²) in [4.78, 5) is 37.0. The molecule has 2 heterocycles. The van der Waals surface area contributed by atoms with E-state index in [0.29, 0.717) is 5.75 Å². The van der Waals surface area contributed by atoms with Crippen LogP contribution < -0.4 is 10.1 Å². The van der Waals surface area contributed by atoms with Gasteiger partial charge in [0.05, 0.1) is 0 Å². The lowest BCUT2D eigenvalue weighted by molar-refractivity contribution is -0.161. The molecule has 0 radical (unpaired) electrons. The first-order chi connectivity index (χ1) is 11.3. The highest BCUT2D eigenvalue weighted by atomic mass is 32.2. The number of nitrogens with zero attached hydrogens (tertiary/aromatic N) is 1. The number of hydrogen-bond acceptors (Lipinski definition) is 5. The summed E-state index contributed by atoms with van der Waals surface area (Å²) in [6.07, 6.45) is 0. The Balaban J connectivity index is 1.59. The number of rotatable bonds is 5. The molecule has 2 saturated heterocycles. The molecule has 128 valence electrons. The molecule has 0 aromatic heterocycles. The molecule has 2 amide bonds. The lowest BCUT2D eigenvalue weighted by Crippen LogP contribution is -2.70. The Kier molecular flexibility index (Phi) is 4.16. The molecule has 2 aliphatic rings. The second-order valence-electron chi connectivity index (χ2n) is 6.25. The van der Waals surface area contributed by atoms with Crippen molar-refractivity contribution in [3.8, 4) is 5.75 Å². The first kappa shape index (κ1) is 16.6. The maximum Gasteiger partial charge on any atom is 0.327 e. The molecule has 2 aliphatic heterocycles. The minimum absolute atomic E-state index is 0.197. The molecule has 0 saturated carbocycles. The molecular weight excluding hydrogens is 332 g/mol. The number of benzene rings is 1. The van der Waals surface area contributed by atoms with Crippen molar-refractivity contribution in [2.24, 2.45) is 0 Å². The van der Waals surface area contributed by atoms with Crippen molar-refractivity contribution in [3.05, 3.63) is 30.3 Å². The second kappa shape index (κ2) is 6.01. The van der Waals surface area contributed by atoms with Crippen LogP contribution in [0.15, 0.2) is 30.3 Å². The second-order valence-corrected chi connectivity index (χ2v) is 8.02. The van der Waals surface area contributed by atoms with Crippen LogP contribution in [0.3, 0.4) is 0 Å². The highest BCUT2D eigenvalue weighted by Crippen LogP contribution is 2.50. The molecule has 7 nitrogen and oxygen atoms in total. The van der Waals surface area contributed by atoms with Crippen LogP contribution in [-0.4, -0.2) is 56.6 Å². The number of amides is 2. The Morgan fingerprint density at radius 1 is 1.33 bits per heavy atom. The van der Waals surface area contributed by atoms with E-state index in [1.165, 1.54) is 16.7 Å². The van der Waals surface area contributed by atoms with E-state index in [2.05, 4.69) is 5.32 Å². The molecule has 1 aromatic carbocycles. The predicted octanol–water partition coefficient (Wildman–Crippen LogP) is 0.697. The van der Waals surface area contributed by atoms with Crippen LogP contribution >= 0.6 is 11.8 Å². The average molecular weight is 350 g/mol. The van der Waals surface area contributed by atoms with E-state index >= 15 is 0 Å². The average Bonchev–Trinajstić information content (AvgIpc) is 2.80. The summed E-state index contributed by atoms with van der Waals surface area (Å²) in [5.74, 6) is -1.23. The van der Waals surface area contributed by atoms with Crippen molar-refractivity contribution in [3.63, 3.8) is 0 Å². The van der Waals surface area contributed by atoms with Gasteiger partial charge in [-0.2, -0.15) is 0 Å². The van der Waals surface area contributed by atoms with Gasteiger partial charge < -0.3 is 20.1 Å². The molecular formula is C16H18N2O5S. The van der Waals surface area contributed by atoms with Crippen molar-refractivity contribution in [2.75, 3.05) is 6.61 Å². The van der Waals surface area contributed by atoms with Crippen LogP contribution in [0.25, 0.3) is 0 Å². The van der Waals surface area contributed by atoms with E-state index < -0.39 is 28.7 Å². The van der Waals surface area contributed by atoms with Gasteiger partial charge in [-0.1, -0.05) is 18.2 Å². The fourth-order valence-electron chi connectivity index (χ4n) is 3.03. The normalized spacial score (nSPS) is 27.2. The monoisotopic (exact) mass is 350 g/mol. The molecule has 3 rings (SSSR count). The van der Waals surface area contributed by atoms with E-state index in [1.54, 1.807) is 38.1 Å². The van der Waals surface area contributed by atoms with E-state index in [9.17, 15) is 19.5 Å². The maximum atomic E-state index is 12.2. The molecule has 0 aliphatic carbocycles. The minimum Gasteiger partial charge on any atom is -0.484 e. The van der Waals surface area contributed by atoms with Gasteiger partial charge in [0.1, 0.15) is 23.2 Å². The number of aliphatic carboxylic acids is 1. The summed E-state index contributed by atoms with van der Waals surface area (Å²) in [5.41, 5.74) is 0. The number of ether oxygens (including phenoxy) is 1. The summed E-state index contributed by atoms with van der Waals surface area (Å²) in [5, 5.41) is 11.6. The van der Waals surface area contributed by atoms with E-state index in [1.807, 2.05) is 6.07 Å². The van der Waals surface area contributed by atoms with Gasteiger partial charge >= 0.3 is 5.97 Å². The standard InChI is InChI=1S/C16H18N2O5S/c1-16(2)12(15(21)22)18-13(20)11(14(18)24-16)17-10(19)8-23-9-6-4-3-5-7-9/h3-7,11-12,14H,8H2,1-2H3,(H,17,19)(H,21,22)/t11-,12-,14-/m0/s1. The van der Waals surface area contributed by atoms with Crippen molar-refractivity contribution >= 4 is 29.5 Å². The molecule has 3 atom stereocenters. The van der Waals surface area contributed by atoms with Gasteiger partial charge in [0.2, 0.25) is 5.91 Å². The van der Waals surface area contributed by atoms with Crippen molar-refractivity contribution in [2.45, 2.75) is 36.1 Å². The van der Waals surface area contributed by atoms with E-state index in [4.69, 9.17) is 4.74 Å². The van der Waals surface area contributed by atoms with Crippen molar-refractivity contribution in [1.29, 1.82) is 0 Å². The number of hydrogen-bond donors (Lipinski definition) is 2. The smallest absolute Gasteiger partial charge is 0.327 e. The van der Waals surface area contributed by atoms with Crippen LogP contribution in [0, 0.1) is 0 Å². The first-order valence-corrected chi connectivity index (χ1v) is 8.39. The third-order valence-corrected chi connectivity index (χ3v) is 5.68. The molecule has 24 heavy (non-hydrogen) atoms. The Morgan fingerprint density at radius 3 is 2.62 bits per heavy atom. The van der Waals surface area contributed by atoms with Gasteiger partial charge in [-0.05, 0) is 26.0 Å². The van der Waals surface area contributed by atoms with Crippen LogP contribution in [0.2, 0.25) is 0 Å². The third-order valence-electron chi connectivity index (χ3n) is 4.10. The van der Waals surface area contributed by atoms with Gasteiger partial charge in [-0.25, -0.2) is 4.79 Å². The molecule has 0 unspecified atom stereocenters. The number of fused-ring (bicyclic) bond motifs is 1. The van der Waals surface area contributed by atoms with Gasteiger partial charge in [-0.15, -0.1) is 11.8 Å². The van der Waals surface area contributed by atoms with Crippen molar-refractivity contribution < 1.29 is 24.2 Å². The number of carbonyl (C=O) groups is 3. The zero-order chi connectivity index (χ0) is 17.5. The zero-order valence-corrected chi connectivity index (χ0v) is 14.1. The lowest BCUT2D eigenvalue weighted by atomic mass is 9.96. The Morgan fingerprint density at radius 2 is 2.00 bits per heavy atom. The fourth-order valence-corrected chi connectivity index (χ4v) is 4.65. The fraction of sp³-hybridized carbons (Fsp3) is 0.438. The van der Waals surface area contributed by atoms with Crippen molar-refractivity contribution in [1.82, 2.24) is 10.2 Å². The Hall–Kier alpha value is -2.22. The molecule has 0 bridgehead atoms. The number of carbonyl (C=O) groups excluding carboxylic acids is 2. The SMILES string of the molecule is CC1(C)S[C@H]2[C@@H](NC(=O)COc3ccccc3)C(=O)N2[C@H]1C(=O)O. The summed E-state index contributed by atoms with van der Waals surface area (Å²) < 4.78 is 4.74. The van der Waals surface area contributed by atoms with Gasteiger partial charge in [-0.3, -0.25) is 9.59 Å². The summed E-state index contributed by atoms with van der Waals surface area (Å²) in [7, 11) is 0. The zero-order valence-electron chi connectivity index (χ0n) is 13.3. The summed E-state index contributed by atoms with van der Waals surface area (Å²) in [6, 6.07) is 7.31. The van der Waals surface area contributed by atoms with Gasteiger partial charge in [0.25, 0.3) is 5.91 Å². The molecule has 1 aromatic rings. The highest BCUT2D eigenvalue weighted by Gasteiger charge is 2.64. The Bertz CT molecular complexity index is 678. The van der Waals surface area contributed by atoms with Gasteiger partial charge in [0.15, 0.2) is 6.61 Å². The largest absolute Gasteiger partial charge is 0.484 e. The van der Waals surface area contributed by atoms with E-state index in [0.717, 1.165) is 0 Å². The molecule has 2 fully saturated rings. The van der Waals surface area contributed by atoms with Gasteiger partial charge in [0, 0.05) is 4.75 Å². The third kappa shape index (κ3) is 2.82. The quantitative estimate of drug-likeness (QED) is 0.759. The number of thioether (sulfide) groups is 1. The number of nitrogens with one attached hydrogen (secondary N) is 1. The minimum atomic E-state index is -1.03. The maximum absolute atomic E-state index is 12.2. The summed E-state index contributed by atoms with van der Waals surface area (Å²) >= 11 is 1.39. The topological polar surface area (TPSA) is 95.9 Å². The molecule has 0 spiro atoms. The van der Waals surface area contributed by atoms with Crippen LogP contribution in [0.1, 0.15) is 13.8 Å². The van der Waals surface area contributed by atoms with E-state index in [-0.39, 0.29) is 17.9 Å². The first-order valence-electron chi connectivity index (χ1n) is 7.51. The van der Waals surface area contributed by atoms with Crippen LogP contribution in [0.4, 0.5) is 0 Å². The Labute approximate surface area is 143 Å². The van der Waals surface area contributed by atoms with Crippen LogP contribution in [-0.2, 0) is 14.4 Å².